The lowest BCUT2D eigenvalue weighted by molar-refractivity contribution is 0.102. The van der Waals surface area contributed by atoms with Crippen molar-refractivity contribution >= 4 is 11.6 Å². The number of nitrogens with one attached hydrogen (secondary N) is 1. The van der Waals surface area contributed by atoms with Crippen molar-refractivity contribution in [3.8, 4) is 23.1 Å². The molecule has 1 amide bonds. The summed E-state index contributed by atoms with van der Waals surface area (Å²) in [5, 5.41) is 2.66. The number of hydrogen-bond donors (Lipinski definition) is 1. The molecular weight excluding hydrogens is 362 g/mol. The summed E-state index contributed by atoms with van der Waals surface area (Å²) in [7, 11) is 1.62. The molecule has 1 N–H and O–H groups in total. The number of ether oxygens (including phenoxy) is 3. The predicted molar refractivity (Wildman–Crippen MR) is 101 cm³/mol. The van der Waals surface area contributed by atoms with Gasteiger partial charge in [0.1, 0.15) is 11.3 Å². The van der Waals surface area contributed by atoms with E-state index >= 15 is 0 Å². The molecule has 0 aliphatic carbocycles. The summed E-state index contributed by atoms with van der Waals surface area (Å²) in [6, 6.07) is 11.7. The van der Waals surface area contributed by atoms with Crippen LogP contribution in [0.15, 0.2) is 53.5 Å². The van der Waals surface area contributed by atoms with Crippen LogP contribution in [0.25, 0.3) is 0 Å². The largest absolute Gasteiger partial charge is 0.454 e. The number of hydrogen-bond acceptors (Lipinski definition) is 6. The molecule has 28 heavy (non-hydrogen) atoms. The van der Waals surface area contributed by atoms with Crippen molar-refractivity contribution in [3.05, 3.63) is 70.3 Å². The normalized spacial score (nSPS) is 11.9. The Kier molecular flexibility index (Phi) is 4.44. The Morgan fingerprint density at radius 1 is 1.14 bits per heavy atom. The molecular formula is C20H17N3O5. The molecule has 142 valence electrons. The van der Waals surface area contributed by atoms with Crippen molar-refractivity contribution in [3.63, 3.8) is 0 Å². The van der Waals surface area contributed by atoms with E-state index < -0.39 is 5.91 Å². The second kappa shape index (κ2) is 7.07. The van der Waals surface area contributed by atoms with E-state index in [1.165, 1.54) is 16.8 Å². The van der Waals surface area contributed by atoms with Crippen LogP contribution in [0.1, 0.15) is 16.1 Å². The highest BCUT2D eigenvalue weighted by Gasteiger charge is 2.15. The number of pyridine rings is 2. The van der Waals surface area contributed by atoms with Crippen molar-refractivity contribution in [2.45, 2.75) is 6.92 Å². The summed E-state index contributed by atoms with van der Waals surface area (Å²) >= 11 is 0. The van der Waals surface area contributed by atoms with Gasteiger partial charge in [-0.2, -0.15) is 0 Å². The van der Waals surface area contributed by atoms with Gasteiger partial charge in [-0.25, -0.2) is 4.98 Å². The molecule has 0 radical (unpaired) electrons. The third kappa shape index (κ3) is 3.39. The van der Waals surface area contributed by atoms with Gasteiger partial charge in [-0.05, 0) is 37.3 Å². The summed E-state index contributed by atoms with van der Waals surface area (Å²) in [5.74, 6) is 1.69. The van der Waals surface area contributed by atoms with E-state index in [4.69, 9.17) is 14.2 Å². The van der Waals surface area contributed by atoms with Crippen molar-refractivity contribution in [2.75, 3.05) is 12.1 Å². The van der Waals surface area contributed by atoms with Gasteiger partial charge in [-0.15, -0.1) is 0 Å². The molecule has 0 atom stereocenters. The Balaban J connectivity index is 1.45. The van der Waals surface area contributed by atoms with Gasteiger partial charge in [0.2, 0.25) is 12.7 Å². The Morgan fingerprint density at radius 3 is 2.75 bits per heavy atom. The highest BCUT2D eigenvalue weighted by Crippen LogP contribution is 2.36. The molecule has 8 nitrogen and oxygen atoms in total. The molecule has 4 rings (SSSR count). The van der Waals surface area contributed by atoms with Crippen LogP contribution in [0.3, 0.4) is 0 Å². The molecule has 0 spiro atoms. The lowest BCUT2D eigenvalue weighted by atomic mass is 10.2. The minimum atomic E-state index is -0.494. The summed E-state index contributed by atoms with van der Waals surface area (Å²) in [5.41, 5.74) is 0.931. The number of amides is 1. The highest BCUT2D eigenvalue weighted by molar-refractivity contribution is 6.03. The molecule has 1 aliphatic heterocycles. The van der Waals surface area contributed by atoms with Crippen LogP contribution in [-0.2, 0) is 7.05 Å². The van der Waals surface area contributed by atoms with Crippen LogP contribution in [0.2, 0.25) is 0 Å². The first-order chi connectivity index (χ1) is 13.5. The summed E-state index contributed by atoms with van der Waals surface area (Å²) in [4.78, 5) is 28.8. The summed E-state index contributed by atoms with van der Waals surface area (Å²) in [6.07, 6.45) is 1.46. The van der Waals surface area contributed by atoms with E-state index in [-0.39, 0.29) is 17.9 Å². The second-order valence-electron chi connectivity index (χ2n) is 6.21. The van der Waals surface area contributed by atoms with E-state index in [0.29, 0.717) is 28.8 Å². The molecule has 3 aromatic rings. The van der Waals surface area contributed by atoms with Gasteiger partial charge in [0.15, 0.2) is 11.5 Å². The first-order valence-electron chi connectivity index (χ1n) is 8.53. The van der Waals surface area contributed by atoms with Crippen molar-refractivity contribution < 1.29 is 19.0 Å². The average Bonchev–Trinajstić information content (AvgIpc) is 3.15. The molecule has 1 aliphatic rings. The highest BCUT2D eigenvalue weighted by atomic mass is 16.7. The Labute approximate surface area is 160 Å². The molecule has 0 saturated heterocycles. The maximum absolute atomic E-state index is 12.4. The van der Waals surface area contributed by atoms with Crippen LogP contribution in [0.4, 0.5) is 5.69 Å². The van der Waals surface area contributed by atoms with Gasteiger partial charge in [0.05, 0.1) is 11.9 Å². The molecule has 0 bridgehead atoms. The van der Waals surface area contributed by atoms with Crippen molar-refractivity contribution in [1.29, 1.82) is 0 Å². The zero-order valence-electron chi connectivity index (χ0n) is 15.3. The average molecular weight is 379 g/mol. The Bertz CT molecular complexity index is 1110. The van der Waals surface area contributed by atoms with Crippen molar-refractivity contribution in [2.24, 2.45) is 7.05 Å². The number of aryl methyl sites for hydroxylation is 1. The standard InChI is InChI=1S/C20H17N3O5/c1-12-3-6-15(20(25)23(12)2)19(24)22-13-4-8-18(21-10-13)28-14-5-7-16-17(9-14)27-11-26-16/h3-10H,11H2,1-2H3,(H,22,24). The first kappa shape index (κ1) is 17.6. The number of carbonyl (C=O) groups excluding carboxylic acids is 1. The van der Waals surface area contributed by atoms with Gasteiger partial charge in [0.25, 0.3) is 11.5 Å². The number of rotatable bonds is 4. The van der Waals surface area contributed by atoms with Gasteiger partial charge < -0.3 is 24.1 Å². The van der Waals surface area contributed by atoms with Crippen LogP contribution < -0.4 is 25.1 Å². The second-order valence-corrected chi connectivity index (χ2v) is 6.21. The topological polar surface area (TPSA) is 91.7 Å². The molecule has 0 unspecified atom stereocenters. The fourth-order valence-electron chi connectivity index (χ4n) is 2.67. The zero-order chi connectivity index (χ0) is 19.7. The molecule has 2 aromatic heterocycles. The van der Waals surface area contributed by atoms with Crippen LogP contribution >= 0.6 is 0 Å². The smallest absolute Gasteiger partial charge is 0.263 e. The first-order valence-corrected chi connectivity index (χ1v) is 8.53. The number of anilines is 1. The van der Waals surface area contributed by atoms with E-state index in [2.05, 4.69) is 10.3 Å². The number of nitrogens with zero attached hydrogens (tertiary/aromatic N) is 2. The third-order valence-electron chi connectivity index (χ3n) is 4.36. The van der Waals surface area contributed by atoms with E-state index in [1.807, 2.05) is 0 Å². The van der Waals surface area contributed by atoms with Crippen molar-refractivity contribution in [1.82, 2.24) is 9.55 Å². The molecule has 0 fully saturated rings. The monoisotopic (exact) mass is 379 g/mol. The number of aromatic nitrogens is 2. The molecule has 8 heteroatoms. The minimum absolute atomic E-state index is 0.0637. The summed E-state index contributed by atoms with van der Waals surface area (Å²) < 4.78 is 17.7. The van der Waals surface area contributed by atoms with E-state index in [0.717, 1.165) is 5.69 Å². The number of fused-ring (bicyclic) bond motifs is 1. The quantitative estimate of drug-likeness (QED) is 0.749. The van der Waals surface area contributed by atoms with Crippen LogP contribution in [0, 0.1) is 6.92 Å². The fraction of sp³-hybridized carbons (Fsp3) is 0.150. The van der Waals surface area contributed by atoms with Gasteiger partial charge in [0, 0.05) is 24.9 Å². The van der Waals surface area contributed by atoms with Gasteiger partial charge >= 0.3 is 0 Å². The minimum Gasteiger partial charge on any atom is -0.454 e. The third-order valence-corrected chi connectivity index (χ3v) is 4.36. The number of benzene rings is 1. The Morgan fingerprint density at radius 2 is 1.96 bits per heavy atom. The summed E-state index contributed by atoms with van der Waals surface area (Å²) in [6.45, 7) is 1.99. The van der Waals surface area contributed by atoms with Gasteiger partial charge in [-0.1, -0.05) is 0 Å². The Hall–Kier alpha value is -3.81. The van der Waals surface area contributed by atoms with Gasteiger partial charge in [-0.3, -0.25) is 9.59 Å². The van der Waals surface area contributed by atoms with Crippen LogP contribution in [0.5, 0.6) is 23.1 Å². The molecule has 3 heterocycles. The lowest BCUT2D eigenvalue weighted by Gasteiger charge is -2.09. The lowest BCUT2D eigenvalue weighted by Crippen LogP contribution is -2.28. The SMILES string of the molecule is Cc1ccc(C(=O)Nc2ccc(Oc3ccc4c(c3)OCO4)nc2)c(=O)n1C. The molecule has 1 aromatic carbocycles. The number of carbonyl (C=O) groups is 1. The zero-order valence-corrected chi connectivity index (χ0v) is 15.3. The molecule has 0 saturated carbocycles. The van der Waals surface area contributed by atoms with E-state index in [1.54, 1.807) is 50.4 Å². The van der Waals surface area contributed by atoms with Crippen LogP contribution in [-0.4, -0.2) is 22.3 Å². The maximum atomic E-state index is 12.4. The predicted octanol–water partition coefficient (Wildman–Crippen LogP) is 2.86. The maximum Gasteiger partial charge on any atom is 0.263 e. The van der Waals surface area contributed by atoms with E-state index in [9.17, 15) is 9.59 Å². The fourth-order valence-corrected chi connectivity index (χ4v) is 2.67.